The summed E-state index contributed by atoms with van der Waals surface area (Å²) in [5.74, 6) is -0.0948. The zero-order valence-corrected chi connectivity index (χ0v) is 12.0. The fourth-order valence-electron chi connectivity index (χ4n) is 2.04. The number of nitrogens with zero attached hydrogens (tertiary/aromatic N) is 1. The van der Waals surface area contributed by atoms with Gasteiger partial charge < -0.3 is 9.88 Å². The summed E-state index contributed by atoms with van der Waals surface area (Å²) in [6.07, 6.45) is -1.97. The Morgan fingerprint density at radius 3 is 2.67 bits per heavy atom. The Hall–Kier alpha value is -1.50. The highest BCUT2D eigenvalue weighted by molar-refractivity contribution is 6.30. The number of aromatic nitrogens is 1. The molecule has 0 bridgehead atoms. The number of pyridine rings is 1. The van der Waals surface area contributed by atoms with E-state index in [0.717, 1.165) is 12.8 Å². The number of hydrogen-bond acceptors (Lipinski definition) is 2. The molecule has 116 valence electrons. The van der Waals surface area contributed by atoms with Crippen LogP contribution < -0.4 is 10.9 Å². The van der Waals surface area contributed by atoms with E-state index < -0.39 is 34.8 Å². The van der Waals surface area contributed by atoms with Gasteiger partial charge in [0, 0.05) is 12.2 Å². The van der Waals surface area contributed by atoms with E-state index in [1.807, 2.05) is 6.92 Å². The van der Waals surface area contributed by atoms with Gasteiger partial charge in [0.2, 0.25) is 5.91 Å². The lowest BCUT2D eigenvalue weighted by atomic mass is 10.2. The van der Waals surface area contributed by atoms with Gasteiger partial charge in [0.15, 0.2) is 0 Å². The van der Waals surface area contributed by atoms with Crippen LogP contribution in [0.15, 0.2) is 17.1 Å². The second-order valence-electron chi connectivity index (χ2n) is 5.20. The average Bonchev–Trinajstić information content (AvgIpc) is 3.17. The van der Waals surface area contributed by atoms with Crippen molar-refractivity contribution in [1.29, 1.82) is 0 Å². The Bertz CT molecular complexity index is 608. The number of halogens is 4. The van der Waals surface area contributed by atoms with Crippen LogP contribution in [0.2, 0.25) is 5.02 Å². The highest BCUT2D eigenvalue weighted by atomic mass is 35.5. The Labute approximate surface area is 123 Å². The summed E-state index contributed by atoms with van der Waals surface area (Å²) < 4.78 is 38.7. The first-order valence-electron chi connectivity index (χ1n) is 6.45. The molecule has 0 saturated heterocycles. The molecule has 1 aromatic rings. The summed E-state index contributed by atoms with van der Waals surface area (Å²) in [5, 5.41) is 2.11. The van der Waals surface area contributed by atoms with E-state index >= 15 is 0 Å². The zero-order valence-electron chi connectivity index (χ0n) is 11.2. The molecule has 1 heterocycles. The summed E-state index contributed by atoms with van der Waals surface area (Å²) in [7, 11) is 0. The molecule has 21 heavy (non-hydrogen) atoms. The predicted octanol–water partition coefficient (Wildman–Crippen LogP) is 2.44. The van der Waals surface area contributed by atoms with Crippen molar-refractivity contribution in [3.8, 4) is 0 Å². The lowest BCUT2D eigenvalue weighted by Gasteiger charge is -2.15. The summed E-state index contributed by atoms with van der Waals surface area (Å²) in [4.78, 5) is 23.5. The van der Waals surface area contributed by atoms with E-state index in [0.29, 0.717) is 22.7 Å². The first-order valence-corrected chi connectivity index (χ1v) is 6.83. The van der Waals surface area contributed by atoms with Gasteiger partial charge in [-0.1, -0.05) is 11.6 Å². The normalized spacial score (nSPS) is 16.6. The second-order valence-corrected chi connectivity index (χ2v) is 5.61. The first-order chi connectivity index (χ1) is 9.68. The lowest BCUT2D eigenvalue weighted by molar-refractivity contribution is -0.138. The molecule has 0 aromatic carbocycles. The van der Waals surface area contributed by atoms with Crippen LogP contribution in [0, 0.1) is 5.92 Å². The van der Waals surface area contributed by atoms with Crippen LogP contribution >= 0.6 is 11.6 Å². The zero-order chi connectivity index (χ0) is 15.8. The van der Waals surface area contributed by atoms with Gasteiger partial charge in [-0.05, 0) is 31.7 Å². The molecule has 4 nitrogen and oxygen atoms in total. The maximum atomic E-state index is 12.7. The van der Waals surface area contributed by atoms with E-state index in [1.54, 1.807) is 0 Å². The summed E-state index contributed by atoms with van der Waals surface area (Å²) >= 11 is 5.51. The van der Waals surface area contributed by atoms with Crippen LogP contribution in [0.5, 0.6) is 0 Å². The number of amides is 1. The van der Waals surface area contributed by atoms with Crippen LogP contribution in [-0.2, 0) is 17.5 Å². The van der Waals surface area contributed by atoms with Gasteiger partial charge in [0.05, 0.1) is 5.56 Å². The highest BCUT2D eigenvalue weighted by Crippen LogP contribution is 2.32. The molecule has 1 aliphatic rings. The Kier molecular flexibility index (Phi) is 4.32. The van der Waals surface area contributed by atoms with Gasteiger partial charge >= 0.3 is 6.18 Å². The van der Waals surface area contributed by atoms with Gasteiger partial charge in [-0.2, -0.15) is 13.2 Å². The summed E-state index contributed by atoms with van der Waals surface area (Å²) in [5.41, 5.74) is -1.88. The van der Waals surface area contributed by atoms with Crippen molar-refractivity contribution in [2.45, 2.75) is 38.5 Å². The molecule has 1 aliphatic carbocycles. The molecule has 1 amide bonds. The molecular weight excluding hydrogens is 309 g/mol. The number of carbonyl (C=O) groups excluding carboxylic acids is 1. The number of rotatable bonds is 4. The largest absolute Gasteiger partial charge is 0.417 e. The van der Waals surface area contributed by atoms with Crippen LogP contribution in [-0.4, -0.2) is 16.5 Å². The van der Waals surface area contributed by atoms with Gasteiger partial charge in [-0.25, -0.2) is 0 Å². The highest BCUT2D eigenvalue weighted by Gasteiger charge is 2.32. The SMILES string of the molecule is C[C@H](NC(=O)Cn1cc(C(F)(F)F)cc(Cl)c1=O)C1CC1. The third-order valence-electron chi connectivity index (χ3n) is 3.40. The Morgan fingerprint density at radius 2 is 2.14 bits per heavy atom. The summed E-state index contributed by atoms with van der Waals surface area (Å²) in [6, 6.07) is 0.514. The van der Waals surface area contributed by atoms with Crippen LogP contribution in [0.4, 0.5) is 13.2 Å². The molecule has 1 aromatic heterocycles. The van der Waals surface area contributed by atoms with Crippen molar-refractivity contribution in [3.05, 3.63) is 33.2 Å². The van der Waals surface area contributed by atoms with Crippen molar-refractivity contribution >= 4 is 17.5 Å². The van der Waals surface area contributed by atoms with Gasteiger partial charge in [0.1, 0.15) is 11.6 Å². The monoisotopic (exact) mass is 322 g/mol. The van der Waals surface area contributed by atoms with E-state index in [1.165, 1.54) is 0 Å². The maximum Gasteiger partial charge on any atom is 0.417 e. The molecule has 0 radical (unpaired) electrons. The minimum atomic E-state index is -4.63. The van der Waals surface area contributed by atoms with E-state index in [2.05, 4.69) is 5.32 Å². The fourth-order valence-corrected chi connectivity index (χ4v) is 2.27. The van der Waals surface area contributed by atoms with E-state index in [-0.39, 0.29) is 6.04 Å². The quantitative estimate of drug-likeness (QED) is 0.925. The van der Waals surface area contributed by atoms with Crippen LogP contribution in [0.3, 0.4) is 0 Å². The molecule has 0 aliphatic heterocycles. The number of carbonyl (C=O) groups is 1. The van der Waals surface area contributed by atoms with Crippen LogP contribution in [0.1, 0.15) is 25.3 Å². The third kappa shape index (κ3) is 4.00. The average molecular weight is 323 g/mol. The van der Waals surface area contributed by atoms with Crippen molar-refractivity contribution < 1.29 is 18.0 Å². The molecule has 2 rings (SSSR count). The molecule has 1 fully saturated rings. The van der Waals surface area contributed by atoms with Gasteiger partial charge in [0.25, 0.3) is 5.56 Å². The fraction of sp³-hybridized carbons (Fsp3) is 0.538. The topological polar surface area (TPSA) is 51.1 Å². The number of alkyl halides is 3. The third-order valence-corrected chi connectivity index (χ3v) is 3.67. The molecule has 8 heteroatoms. The minimum absolute atomic E-state index is 0.0468. The smallest absolute Gasteiger partial charge is 0.352 e. The molecule has 1 saturated carbocycles. The second kappa shape index (κ2) is 5.71. The van der Waals surface area contributed by atoms with Crippen molar-refractivity contribution in [3.63, 3.8) is 0 Å². The van der Waals surface area contributed by atoms with Crippen molar-refractivity contribution in [2.24, 2.45) is 5.92 Å². The Morgan fingerprint density at radius 1 is 1.52 bits per heavy atom. The van der Waals surface area contributed by atoms with Gasteiger partial charge in [-0.15, -0.1) is 0 Å². The summed E-state index contributed by atoms with van der Waals surface area (Å²) in [6.45, 7) is 1.34. The molecule has 1 N–H and O–H groups in total. The number of hydrogen-bond donors (Lipinski definition) is 1. The molecular formula is C13H14ClF3N2O2. The molecule has 1 atom stereocenters. The molecule has 0 spiro atoms. The van der Waals surface area contributed by atoms with Crippen molar-refractivity contribution in [1.82, 2.24) is 9.88 Å². The van der Waals surface area contributed by atoms with E-state index in [4.69, 9.17) is 11.6 Å². The standard InChI is InChI=1S/C13H14ClF3N2O2/c1-7(8-2-3-8)18-11(20)6-19-5-9(13(15,16)17)4-10(14)12(19)21/h4-5,7-8H,2-3,6H2,1H3,(H,18,20)/t7-/m0/s1. The minimum Gasteiger partial charge on any atom is -0.352 e. The predicted molar refractivity (Wildman–Crippen MR) is 71.0 cm³/mol. The first kappa shape index (κ1) is 15.9. The number of nitrogens with one attached hydrogen (secondary N) is 1. The maximum absolute atomic E-state index is 12.7. The Balaban J connectivity index is 2.16. The lowest BCUT2D eigenvalue weighted by Crippen LogP contribution is -2.38. The molecule has 0 unspecified atom stereocenters. The van der Waals surface area contributed by atoms with Crippen molar-refractivity contribution in [2.75, 3.05) is 0 Å². The van der Waals surface area contributed by atoms with Gasteiger partial charge in [-0.3, -0.25) is 9.59 Å². The van der Waals surface area contributed by atoms with E-state index in [9.17, 15) is 22.8 Å². The van der Waals surface area contributed by atoms with Crippen LogP contribution in [0.25, 0.3) is 0 Å².